The summed E-state index contributed by atoms with van der Waals surface area (Å²) in [7, 11) is 0. The van der Waals surface area contributed by atoms with Gasteiger partial charge in [-0.3, -0.25) is 19.7 Å². The predicted molar refractivity (Wildman–Crippen MR) is 110 cm³/mol. The zero-order chi connectivity index (χ0) is 20.8. The summed E-state index contributed by atoms with van der Waals surface area (Å²) >= 11 is 1.24. The molecule has 0 aliphatic heterocycles. The highest BCUT2D eigenvalue weighted by molar-refractivity contribution is 7.99. The van der Waals surface area contributed by atoms with Crippen molar-refractivity contribution in [3.63, 3.8) is 0 Å². The summed E-state index contributed by atoms with van der Waals surface area (Å²) in [6.07, 6.45) is 0. The van der Waals surface area contributed by atoms with Crippen LogP contribution in [0.3, 0.4) is 0 Å². The van der Waals surface area contributed by atoms with Crippen molar-refractivity contribution in [2.75, 3.05) is 11.1 Å². The van der Waals surface area contributed by atoms with E-state index >= 15 is 0 Å². The Morgan fingerprint density at radius 2 is 1.69 bits per heavy atom. The Hall–Kier alpha value is -3.59. The molecule has 1 N–H and O–H groups in total. The Bertz CT molecular complexity index is 1040. The van der Waals surface area contributed by atoms with Crippen molar-refractivity contribution in [1.29, 1.82) is 0 Å². The monoisotopic (exact) mass is 408 g/mol. The summed E-state index contributed by atoms with van der Waals surface area (Å²) in [5.74, 6) is -0.0824. The number of anilines is 1. The van der Waals surface area contributed by atoms with Crippen LogP contribution in [0.4, 0.5) is 11.4 Å². The molecule has 1 heterocycles. The molecule has 146 valence electrons. The molecule has 0 aliphatic carbocycles. The van der Waals surface area contributed by atoms with Gasteiger partial charge in [-0.2, -0.15) is 0 Å². The minimum atomic E-state index is -0.460. The van der Waals surface area contributed by atoms with Gasteiger partial charge < -0.3 is 5.32 Å². The van der Waals surface area contributed by atoms with Crippen LogP contribution >= 0.6 is 11.8 Å². The lowest BCUT2D eigenvalue weighted by Crippen LogP contribution is -2.14. The first kappa shape index (κ1) is 20.2. The van der Waals surface area contributed by atoms with Gasteiger partial charge in [0.2, 0.25) is 5.91 Å². The third-order valence-corrected chi connectivity index (χ3v) is 4.86. The fraction of sp³-hybridized carbons (Fsp3) is 0.100. The third kappa shape index (κ3) is 5.45. The Morgan fingerprint density at radius 3 is 2.24 bits per heavy atom. The summed E-state index contributed by atoms with van der Waals surface area (Å²) in [5, 5.41) is 22.2. The quantitative estimate of drug-likeness (QED) is 0.272. The molecule has 9 heteroatoms. The summed E-state index contributed by atoms with van der Waals surface area (Å²) in [4.78, 5) is 33.6. The van der Waals surface area contributed by atoms with Crippen molar-refractivity contribution in [3.8, 4) is 11.3 Å². The molecule has 0 radical (unpaired) electrons. The highest BCUT2D eigenvalue weighted by Gasteiger charge is 2.09. The molecule has 1 amide bonds. The predicted octanol–water partition coefficient (Wildman–Crippen LogP) is 3.99. The van der Waals surface area contributed by atoms with Gasteiger partial charge in [-0.25, -0.2) is 0 Å². The van der Waals surface area contributed by atoms with Crippen LogP contribution in [-0.2, 0) is 4.79 Å². The van der Waals surface area contributed by atoms with Crippen molar-refractivity contribution < 1.29 is 14.5 Å². The number of benzene rings is 2. The van der Waals surface area contributed by atoms with E-state index in [9.17, 15) is 19.7 Å². The smallest absolute Gasteiger partial charge is 0.269 e. The van der Waals surface area contributed by atoms with Crippen LogP contribution in [0.25, 0.3) is 11.3 Å². The first-order valence-electron chi connectivity index (χ1n) is 8.54. The number of non-ortho nitro benzene ring substituents is 1. The van der Waals surface area contributed by atoms with Crippen molar-refractivity contribution >= 4 is 34.8 Å². The van der Waals surface area contributed by atoms with Gasteiger partial charge in [0.1, 0.15) is 5.03 Å². The summed E-state index contributed by atoms with van der Waals surface area (Å²) in [6.45, 7) is 1.48. The molecule has 0 saturated heterocycles. The number of nitrogens with one attached hydrogen (secondary N) is 1. The zero-order valence-electron chi connectivity index (χ0n) is 15.4. The van der Waals surface area contributed by atoms with Crippen LogP contribution in [0, 0.1) is 10.1 Å². The van der Waals surface area contributed by atoms with E-state index in [1.54, 1.807) is 48.5 Å². The Balaban J connectivity index is 1.54. The van der Waals surface area contributed by atoms with Gasteiger partial charge in [-0.15, -0.1) is 10.2 Å². The van der Waals surface area contributed by atoms with E-state index in [0.717, 1.165) is 0 Å². The fourth-order valence-electron chi connectivity index (χ4n) is 2.43. The molecule has 8 nitrogen and oxygen atoms in total. The Morgan fingerprint density at radius 1 is 1.00 bits per heavy atom. The Labute approximate surface area is 170 Å². The lowest BCUT2D eigenvalue weighted by molar-refractivity contribution is -0.384. The SMILES string of the molecule is CC(=O)c1ccc(NC(=O)CSc2ccc(-c3ccc([N+](=O)[O-])cc3)nn2)cc1. The maximum atomic E-state index is 12.1. The van der Waals surface area contributed by atoms with Crippen LogP contribution in [0.2, 0.25) is 0 Å². The molecule has 2 aromatic carbocycles. The molecule has 0 aliphatic rings. The number of hydrogen-bond acceptors (Lipinski definition) is 7. The molecule has 0 unspecified atom stereocenters. The van der Waals surface area contributed by atoms with E-state index < -0.39 is 4.92 Å². The Kier molecular flexibility index (Phi) is 6.30. The average Bonchev–Trinajstić information content (AvgIpc) is 2.73. The normalized spacial score (nSPS) is 10.4. The number of carbonyl (C=O) groups excluding carboxylic acids is 2. The molecular weight excluding hydrogens is 392 g/mol. The van der Waals surface area contributed by atoms with Gasteiger partial charge in [0.05, 0.1) is 16.4 Å². The number of Topliss-reactive ketones (excluding diaryl/α,β-unsaturated/α-hetero) is 1. The topological polar surface area (TPSA) is 115 Å². The van der Waals surface area contributed by atoms with Crippen molar-refractivity contribution in [2.45, 2.75) is 11.9 Å². The first-order valence-corrected chi connectivity index (χ1v) is 9.53. The largest absolute Gasteiger partial charge is 0.325 e. The lowest BCUT2D eigenvalue weighted by Gasteiger charge is -2.06. The standard InChI is InChI=1S/C20H16N4O4S/c1-13(25)14-2-6-16(7-3-14)21-19(26)12-29-20-11-10-18(22-23-20)15-4-8-17(9-5-15)24(27)28/h2-11H,12H2,1H3,(H,21,26). The van der Waals surface area contributed by atoms with Crippen molar-refractivity contribution in [2.24, 2.45) is 0 Å². The molecule has 3 rings (SSSR count). The van der Waals surface area contributed by atoms with E-state index in [1.807, 2.05) is 0 Å². The van der Waals surface area contributed by atoms with Gasteiger partial charge in [0.25, 0.3) is 5.69 Å². The van der Waals surface area contributed by atoms with Crippen molar-refractivity contribution in [3.05, 3.63) is 76.3 Å². The summed E-state index contributed by atoms with van der Waals surface area (Å²) in [5.41, 5.74) is 2.50. The van der Waals surface area contributed by atoms with E-state index in [4.69, 9.17) is 0 Å². The van der Waals surface area contributed by atoms with Gasteiger partial charge in [-0.05, 0) is 55.5 Å². The number of thioether (sulfide) groups is 1. The molecule has 0 bridgehead atoms. The number of nitro groups is 1. The summed E-state index contributed by atoms with van der Waals surface area (Å²) < 4.78 is 0. The van der Waals surface area contributed by atoms with Crippen LogP contribution < -0.4 is 5.32 Å². The van der Waals surface area contributed by atoms with Crippen LogP contribution in [0.15, 0.2) is 65.7 Å². The number of nitro benzene ring substituents is 1. The van der Waals surface area contributed by atoms with Crippen molar-refractivity contribution in [1.82, 2.24) is 10.2 Å². The highest BCUT2D eigenvalue weighted by Crippen LogP contribution is 2.22. The molecule has 1 aromatic heterocycles. The minimum Gasteiger partial charge on any atom is -0.325 e. The van der Waals surface area contributed by atoms with Gasteiger partial charge >= 0.3 is 0 Å². The first-order chi connectivity index (χ1) is 13.9. The number of nitrogens with zero attached hydrogens (tertiary/aromatic N) is 3. The van der Waals surface area contributed by atoms with Crippen LogP contribution in [-0.4, -0.2) is 32.6 Å². The number of aromatic nitrogens is 2. The third-order valence-electron chi connectivity index (χ3n) is 3.94. The van der Waals surface area contributed by atoms with Gasteiger partial charge in [-0.1, -0.05) is 11.8 Å². The van der Waals surface area contributed by atoms with Gasteiger partial charge in [0, 0.05) is 28.9 Å². The van der Waals surface area contributed by atoms with E-state index in [0.29, 0.717) is 27.5 Å². The zero-order valence-corrected chi connectivity index (χ0v) is 16.2. The number of amides is 1. The maximum Gasteiger partial charge on any atom is 0.269 e. The molecular formula is C20H16N4O4S. The average molecular weight is 408 g/mol. The lowest BCUT2D eigenvalue weighted by atomic mass is 10.1. The minimum absolute atomic E-state index is 0.0100. The molecule has 29 heavy (non-hydrogen) atoms. The van der Waals surface area contributed by atoms with Crippen LogP contribution in [0.1, 0.15) is 17.3 Å². The number of hydrogen-bond donors (Lipinski definition) is 1. The van der Waals surface area contributed by atoms with Crippen LogP contribution in [0.5, 0.6) is 0 Å². The maximum absolute atomic E-state index is 12.1. The second-order valence-corrected chi connectivity index (χ2v) is 7.03. The second-order valence-electron chi connectivity index (χ2n) is 6.03. The van der Waals surface area contributed by atoms with Gasteiger partial charge in [0.15, 0.2) is 5.78 Å². The highest BCUT2D eigenvalue weighted by atomic mass is 32.2. The number of ketones is 1. The molecule has 0 saturated carbocycles. The molecule has 3 aromatic rings. The fourth-order valence-corrected chi connectivity index (χ4v) is 3.04. The number of rotatable bonds is 7. The van der Waals surface area contributed by atoms with E-state index in [-0.39, 0.29) is 23.1 Å². The molecule has 0 fully saturated rings. The van der Waals surface area contributed by atoms with E-state index in [2.05, 4.69) is 15.5 Å². The molecule has 0 spiro atoms. The molecule has 0 atom stereocenters. The number of carbonyl (C=O) groups is 2. The summed E-state index contributed by atoms with van der Waals surface area (Å²) in [6, 6.07) is 16.2. The second kappa shape index (κ2) is 9.07. The van der Waals surface area contributed by atoms with E-state index in [1.165, 1.54) is 30.8 Å².